The van der Waals surface area contributed by atoms with E-state index in [1.807, 2.05) is 0 Å². The van der Waals surface area contributed by atoms with Gasteiger partial charge in [-0.05, 0) is 25.0 Å². The standard InChI is InChI=1S/C19H27N.BrH/c1-2-3-4-5-6-7-8-9-13-18-16-15-17-12-10-11-14-19(17)20-18;/h10-12,14-16H,2-9,13H2,1H3;1H. The molecule has 0 unspecified atom stereocenters. The van der Waals surface area contributed by atoms with Crippen LogP contribution in [0.1, 0.15) is 64.0 Å². The van der Waals surface area contributed by atoms with Crippen molar-refractivity contribution < 1.29 is 0 Å². The number of pyridine rings is 1. The van der Waals surface area contributed by atoms with E-state index in [0.29, 0.717) is 0 Å². The third kappa shape index (κ3) is 6.60. The Labute approximate surface area is 139 Å². The van der Waals surface area contributed by atoms with Gasteiger partial charge in [0.15, 0.2) is 0 Å². The van der Waals surface area contributed by atoms with Crippen LogP contribution in [0, 0.1) is 0 Å². The van der Waals surface area contributed by atoms with E-state index in [1.165, 1.54) is 62.4 Å². The van der Waals surface area contributed by atoms with Gasteiger partial charge >= 0.3 is 0 Å². The van der Waals surface area contributed by atoms with Crippen LogP contribution in [0.2, 0.25) is 0 Å². The smallest absolute Gasteiger partial charge is 0.0705 e. The zero-order valence-electron chi connectivity index (χ0n) is 13.2. The molecule has 0 atom stereocenters. The van der Waals surface area contributed by atoms with Crippen LogP contribution in [-0.4, -0.2) is 4.98 Å². The van der Waals surface area contributed by atoms with Crippen molar-refractivity contribution in [2.45, 2.75) is 64.7 Å². The molecule has 0 fully saturated rings. The highest BCUT2D eigenvalue weighted by atomic mass is 79.9. The van der Waals surface area contributed by atoms with Crippen LogP contribution in [0.3, 0.4) is 0 Å². The van der Waals surface area contributed by atoms with Crippen LogP contribution in [0.4, 0.5) is 0 Å². The van der Waals surface area contributed by atoms with Gasteiger partial charge < -0.3 is 0 Å². The predicted molar refractivity (Wildman–Crippen MR) is 98.4 cm³/mol. The first-order valence-electron chi connectivity index (χ1n) is 8.25. The summed E-state index contributed by atoms with van der Waals surface area (Å²) < 4.78 is 0. The molecule has 1 nitrogen and oxygen atoms in total. The third-order valence-corrected chi connectivity index (χ3v) is 3.94. The van der Waals surface area contributed by atoms with Gasteiger partial charge in [0, 0.05) is 11.1 Å². The molecule has 0 N–H and O–H groups in total. The van der Waals surface area contributed by atoms with Crippen molar-refractivity contribution in [2.24, 2.45) is 0 Å². The molecular weight excluding hydrogens is 322 g/mol. The summed E-state index contributed by atoms with van der Waals surface area (Å²) in [5, 5.41) is 1.24. The molecule has 0 bridgehead atoms. The molecule has 0 saturated carbocycles. The highest BCUT2D eigenvalue weighted by Crippen LogP contribution is 2.14. The SMILES string of the molecule is Br.CCCCCCCCCCc1ccc2ccccc2n1. The van der Waals surface area contributed by atoms with Crippen LogP contribution in [0.15, 0.2) is 36.4 Å². The van der Waals surface area contributed by atoms with Gasteiger partial charge in [0.2, 0.25) is 0 Å². The van der Waals surface area contributed by atoms with E-state index >= 15 is 0 Å². The quantitative estimate of drug-likeness (QED) is 0.471. The Hall–Kier alpha value is -0.890. The lowest BCUT2D eigenvalue weighted by molar-refractivity contribution is 0.574. The predicted octanol–water partition coefficient (Wildman–Crippen LogP) is 6.50. The molecule has 0 aliphatic carbocycles. The maximum Gasteiger partial charge on any atom is 0.0705 e. The minimum atomic E-state index is 0. The number of halogens is 1. The summed E-state index contributed by atoms with van der Waals surface area (Å²) >= 11 is 0. The lowest BCUT2D eigenvalue weighted by Gasteiger charge is -2.04. The number of aromatic nitrogens is 1. The van der Waals surface area contributed by atoms with Crippen LogP contribution in [-0.2, 0) is 6.42 Å². The van der Waals surface area contributed by atoms with Gasteiger partial charge in [0.05, 0.1) is 5.52 Å². The Morgan fingerprint density at radius 2 is 1.43 bits per heavy atom. The zero-order chi connectivity index (χ0) is 14.0. The fraction of sp³-hybridized carbons (Fsp3) is 0.526. The number of aryl methyl sites for hydroxylation is 1. The molecule has 2 aromatic rings. The van der Waals surface area contributed by atoms with Gasteiger partial charge in [-0.1, -0.05) is 76.1 Å². The number of benzene rings is 1. The molecule has 2 rings (SSSR count). The third-order valence-electron chi connectivity index (χ3n) is 3.94. The number of fused-ring (bicyclic) bond motifs is 1. The van der Waals surface area contributed by atoms with Crippen LogP contribution < -0.4 is 0 Å². The van der Waals surface area contributed by atoms with Crippen molar-refractivity contribution in [2.75, 3.05) is 0 Å². The van der Waals surface area contributed by atoms with Crippen molar-refractivity contribution in [3.05, 3.63) is 42.1 Å². The summed E-state index contributed by atoms with van der Waals surface area (Å²) in [7, 11) is 0. The Balaban J connectivity index is 0.00000220. The second-order valence-electron chi connectivity index (χ2n) is 5.72. The number of rotatable bonds is 9. The first-order chi connectivity index (χ1) is 9.90. The number of para-hydroxylation sites is 1. The summed E-state index contributed by atoms with van der Waals surface area (Å²) in [6.45, 7) is 2.27. The fourth-order valence-corrected chi connectivity index (χ4v) is 2.69. The van der Waals surface area contributed by atoms with E-state index in [2.05, 4.69) is 43.3 Å². The molecule has 0 amide bonds. The summed E-state index contributed by atoms with van der Waals surface area (Å²) in [5.41, 5.74) is 2.37. The summed E-state index contributed by atoms with van der Waals surface area (Å²) in [6, 6.07) is 12.7. The molecule has 21 heavy (non-hydrogen) atoms. The Morgan fingerprint density at radius 1 is 0.762 bits per heavy atom. The van der Waals surface area contributed by atoms with Crippen molar-refractivity contribution in [1.82, 2.24) is 4.98 Å². The van der Waals surface area contributed by atoms with Gasteiger partial charge in [0.25, 0.3) is 0 Å². The van der Waals surface area contributed by atoms with E-state index < -0.39 is 0 Å². The molecule has 0 saturated heterocycles. The number of hydrogen-bond donors (Lipinski definition) is 0. The molecule has 0 aliphatic rings. The van der Waals surface area contributed by atoms with Crippen LogP contribution >= 0.6 is 17.0 Å². The van der Waals surface area contributed by atoms with E-state index in [1.54, 1.807) is 0 Å². The van der Waals surface area contributed by atoms with E-state index in [9.17, 15) is 0 Å². The first-order valence-corrected chi connectivity index (χ1v) is 8.25. The Kier molecular flexibility index (Phi) is 9.32. The van der Waals surface area contributed by atoms with Crippen LogP contribution in [0.5, 0.6) is 0 Å². The Morgan fingerprint density at radius 3 is 2.19 bits per heavy atom. The first kappa shape index (κ1) is 18.2. The molecular formula is C19H28BrN. The number of nitrogens with zero attached hydrogens (tertiary/aromatic N) is 1. The maximum atomic E-state index is 4.73. The Bertz CT molecular complexity index is 510. The van der Waals surface area contributed by atoms with E-state index in [0.717, 1.165) is 11.9 Å². The lowest BCUT2D eigenvalue weighted by atomic mass is 10.1. The average Bonchev–Trinajstić information content (AvgIpc) is 2.50. The highest BCUT2D eigenvalue weighted by Gasteiger charge is 1.98. The fourth-order valence-electron chi connectivity index (χ4n) is 2.69. The normalized spacial score (nSPS) is 10.5. The van der Waals surface area contributed by atoms with Gasteiger partial charge in [-0.3, -0.25) is 4.98 Å². The van der Waals surface area contributed by atoms with Gasteiger partial charge in [-0.15, -0.1) is 17.0 Å². The highest BCUT2D eigenvalue weighted by molar-refractivity contribution is 8.93. The van der Waals surface area contributed by atoms with Gasteiger partial charge in [-0.25, -0.2) is 0 Å². The molecule has 2 heteroatoms. The second-order valence-corrected chi connectivity index (χ2v) is 5.72. The lowest BCUT2D eigenvalue weighted by Crippen LogP contribution is -1.91. The van der Waals surface area contributed by atoms with Crippen molar-refractivity contribution >= 4 is 27.9 Å². The summed E-state index contributed by atoms with van der Waals surface area (Å²) in [5.74, 6) is 0. The van der Waals surface area contributed by atoms with Crippen molar-refractivity contribution in [3.63, 3.8) is 0 Å². The largest absolute Gasteiger partial charge is 0.253 e. The molecule has 0 radical (unpaired) electrons. The van der Waals surface area contributed by atoms with Crippen molar-refractivity contribution in [1.29, 1.82) is 0 Å². The molecule has 0 spiro atoms. The minimum absolute atomic E-state index is 0. The van der Waals surface area contributed by atoms with Gasteiger partial charge in [-0.2, -0.15) is 0 Å². The monoisotopic (exact) mass is 349 g/mol. The van der Waals surface area contributed by atoms with Crippen molar-refractivity contribution in [3.8, 4) is 0 Å². The molecule has 1 heterocycles. The van der Waals surface area contributed by atoms with Crippen LogP contribution in [0.25, 0.3) is 10.9 Å². The number of hydrogen-bond acceptors (Lipinski definition) is 1. The van der Waals surface area contributed by atoms with E-state index in [-0.39, 0.29) is 17.0 Å². The number of unbranched alkanes of at least 4 members (excludes halogenated alkanes) is 7. The zero-order valence-corrected chi connectivity index (χ0v) is 14.9. The van der Waals surface area contributed by atoms with Gasteiger partial charge in [0.1, 0.15) is 0 Å². The molecule has 116 valence electrons. The molecule has 1 aromatic heterocycles. The second kappa shape index (κ2) is 10.8. The minimum Gasteiger partial charge on any atom is -0.253 e. The average molecular weight is 350 g/mol. The molecule has 0 aliphatic heterocycles. The maximum absolute atomic E-state index is 4.73. The topological polar surface area (TPSA) is 12.9 Å². The summed E-state index contributed by atoms with van der Waals surface area (Å²) in [6.07, 6.45) is 12.1. The summed E-state index contributed by atoms with van der Waals surface area (Å²) in [4.78, 5) is 4.73. The van der Waals surface area contributed by atoms with E-state index in [4.69, 9.17) is 4.98 Å². The molecule has 1 aromatic carbocycles.